The highest BCUT2D eigenvalue weighted by Crippen LogP contribution is 2.29. The number of nitrogens with one attached hydrogen (secondary N) is 1. The van der Waals surface area contributed by atoms with Crippen LogP contribution in [-0.4, -0.2) is 49.3 Å². The molecule has 3 heteroatoms. The summed E-state index contributed by atoms with van der Waals surface area (Å²) >= 11 is 0. The molecule has 3 atom stereocenters. The molecule has 1 aliphatic carbocycles. The lowest BCUT2D eigenvalue weighted by Crippen LogP contribution is -2.57. The molecule has 0 bridgehead atoms. The Kier molecular flexibility index (Phi) is 5.93. The summed E-state index contributed by atoms with van der Waals surface area (Å²) in [5.41, 5.74) is 0. The highest BCUT2D eigenvalue weighted by atomic mass is 16.5. The highest BCUT2D eigenvalue weighted by Gasteiger charge is 2.35. The quantitative estimate of drug-likeness (QED) is 0.737. The molecule has 18 heavy (non-hydrogen) atoms. The highest BCUT2D eigenvalue weighted by molar-refractivity contribution is 4.90. The number of hydrogen-bond donors (Lipinski definition) is 1. The zero-order valence-corrected chi connectivity index (χ0v) is 12.2. The third kappa shape index (κ3) is 3.69. The monoisotopic (exact) mass is 254 g/mol. The lowest BCUT2D eigenvalue weighted by Gasteiger charge is -2.46. The summed E-state index contributed by atoms with van der Waals surface area (Å²) in [5, 5.41) is 3.60. The van der Waals surface area contributed by atoms with Crippen LogP contribution in [0.3, 0.4) is 0 Å². The molecule has 0 spiro atoms. The molecule has 0 amide bonds. The van der Waals surface area contributed by atoms with Crippen LogP contribution in [0.5, 0.6) is 0 Å². The van der Waals surface area contributed by atoms with Gasteiger partial charge in [0.15, 0.2) is 0 Å². The van der Waals surface area contributed by atoms with E-state index < -0.39 is 0 Å². The van der Waals surface area contributed by atoms with Crippen molar-refractivity contribution in [1.29, 1.82) is 0 Å². The minimum absolute atomic E-state index is 0.519. The second-order valence-electron chi connectivity index (χ2n) is 5.91. The average molecular weight is 254 g/mol. The third-order valence-corrected chi connectivity index (χ3v) is 4.49. The molecule has 3 nitrogen and oxygen atoms in total. The van der Waals surface area contributed by atoms with E-state index in [4.69, 9.17) is 4.74 Å². The van der Waals surface area contributed by atoms with Crippen LogP contribution in [0.4, 0.5) is 0 Å². The number of fused-ring (bicyclic) bond motifs is 1. The molecule has 1 aliphatic heterocycles. The van der Waals surface area contributed by atoms with Crippen LogP contribution >= 0.6 is 0 Å². The standard InChI is InChI=1S/C15H30N2O/c1-3-4-9-16-12-13(2)17-10-11-18-15-8-6-5-7-14(15)17/h13-16H,3-12H2,1-2H3. The summed E-state index contributed by atoms with van der Waals surface area (Å²) in [4.78, 5) is 2.70. The molecule has 0 aromatic carbocycles. The summed E-state index contributed by atoms with van der Waals surface area (Å²) in [7, 11) is 0. The maximum absolute atomic E-state index is 5.94. The average Bonchev–Trinajstić information content (AvgIpc) is 2.43. The van der Waals surface area contributed by atoms with Crippen LogP contribution in [0.15, 0.2) is 0 Å². The van der Waals surface area contributed by atoms with Gasteiger partial charge in [-0.1, -0.05) is 26.2 Å². The van der Waals surface area contributed by atoms with Gasteiger partial charge in [0.1, 0.15) is 0 Å². The number of unbranched alkanes of at least 4 members (excludes halogenated alkanes) is 1. The van der Waals surface area contributed by atoms with E-state index in [1.807, 2.05) is 0 Å². The van der Waals surface area contributed by atoms with E-state index in [1.165, 1.54) is 45.1 Å². The van der Waals surface area contributed by atoms with E-state index in [0.717, 1.165) is 19.7 Å². The van der Waals surface area contributed by atoms with E-state index in [9.17, 15) is 0 Å². The van der Waals surface area contributed by atoms with E-state index >= 15 is 0 Å². The molecule has 106 valence electrons. The van der Waals surface area contributed by atoms with Crippen LogP contribution in [0.25, 0.3) is 0 Å². The van der Waals surface area contributed by atoms with Crippen molar-refractivity contribution in [3.05, 3.63) is 0 Å². The molecule has 3 unspecified atom stereocenters. The zero-order valence-electron chi connectivity index (χ0n) is 12.2. The largest absolute Gasteiger partial charge is 0.375 e. The molecule has 0 aromatic heterocycles. The minimum atomic E-state index is 0.519. The first-order chi connectivity index (χ1) is 8.83. The topological polar surface area (TPSA) is 24.5 Å². The Balaban J connectivity index is 1.78. The molecule has 1 heterocycles. The summed E-state index contributed by atoms with van der Waals surface area (Å²) in [6.45, 7) is 8.97. The van der Waals surface area contributed by atoms with Crippen LogP contribution < -0.4 is 5.32 Å². The molecule has 2 fully saturated rings. The number of nitrogens with zero attached hydrogens (tertiary/aromatic N) is 1. The van der Waals surface area contributed by atoms with Gasteiger partial charge in [0.25, 0.3) is 0 Å². The summed E-state index contributed by atoms with van der Waals surface area (Å²) in [5.74, 6) is 0. The first-order valence-corrected chi connectivity index (χ1v) is 7.91. The van der Waals surface area contributed by atoms with Gasteiger partial charge >= 0.3 is 0 Å². The lowest BCUT2D eigenvalue weighted by molar-refractivity contribution is -0.0997. The van der Waals surface area contributed by atoms with Crippen LogP contribution in [-0.2, 0) is 4.74 Å². The molecular weight excluding hydrogens is 224 g/mol. The van der Waals surface area contributed by atoms with Crippen molar-refractivity contribution in [2.24, 2.45) is 0 Å². The maximum Gasteiger partial charge on any atom is 0.0731 e. The molecule has 0 aromatic rings. The van der Waals surface area contributed by atoms with Gasteiger partial charge in [-0.2, -0.15) is 0 Å². The Morgan fingerprint density at radius 2 is 2.17 bits per heavy atom. The van der Waals surface area contributed by atoms with Crippen molar-refractivity contribution in [3.63, 3.8) is 0 Å². The van der Waals surface area contributed by atoms with Gasteiger partial charge in [0.05, 0.1) is 12.7 Å². The number of hydrogen-bond acceptors (Lipinski definition) is 3. The SMILES string of the molecule is CCCCNCC(C)N1CCOC2CCCCC21. The molecule has 1 saturated heterocycles. The maximum atomic E-state index is 5.94. The number of morpholine rings is 1. The van der Waals surface area contributed by atoms with Gasteiger partial charge in [0.2, 0.25) is 0 Å². The van der Waals surface area contributed by atoms with Gasteiger partial charge < -0.3 is 10.1 Å². The second kappa shape index (κ2) is 7.46. The van der Waals surface area contributed by atoms with Crippen molar-refractivity contribution in [2.75, 3.05) is 26.2 Å². The fraction of sp³-hybridized carbons (Fsp3) is 1.00. The lowest BCUT2D eigenvalue weighted by atomic mass is 9.89. The van der Waals surface area contributed by atoms with E-state index in [2.05, 4.69) is 24.1 Å². The molecule has 0 radical (unpaired) electrons. The minimum Gasteiger partial charge on any atom is -0.375 e. The first-order valence-electron chi connectivity index (χ1n) is 7.91. The molecule has 1 saturated carbocycles. The first kappa shape index (κ1) is 14.3. The molecule has 1 N–H and O–H groups in total. The predicted molar refractivity (Wildman–Crippen MR) is 75.9 cm³/mol. The van der Waals surface area contributed by atoms with Crippen molar-refractivity contribution >= 4 is 0 Å². The van der Waals surface area contributed by atoms with Crippen molar-refractivity contribution < 1.29 is 4.74 Å². The fourth-order valence-electron chi connectivity index (χ4n) is 3.40. The van der Waals surface area contributed by atoms with E-state index in [1.54, 1.807) is 0 Å². The summed E-state index contributed by atoms with van der Waals surface area (Å²) in [6, 6.07) is 1.34. The Bertz CT molecular complexity index is 233. The van der Waals surface area contributed by atoms with Crippen molar-refractivity contribution in [3.8, 4) is 0 Å². The van der Waals surface area contributed by atoms with Gasteiger partial charge in [-0.05, 0) is 32.7 Å². The smallest absolute Gasteiger partial charge is 0.0731 e. The second-order valence-corrected chi connectivity index (χ2v) is 5.91. The van der Waals surface area contributed by atoms with Crippen LogP contribution in [0, 0.1) is 0 Å². The Labute approximate surface area is 112 Å². The van der Waals surface area contributed by atoms with Gasteiger partial charge in [-0.25, -0.2) is 0 Å². The number of ether oxygens (including phenoxy) is 1. The van der Waals surface area contributed by atoms with Gasteiger partial charge in [-0.15, -0.1) is 0 Å². The summed E-state index contributed by atoms with van der Waals surface area (Å²) < 4.78 is 5.94. The molecular formula is C15H30N2O. The predicted octanol–water partition coefficient (Wildman–Crippen LogP) is 2.41. The van der Waals surface area contributed by atoms with Crippen LogP contribution in [0.1, 0.15) is 52.4 Å². The van der Waals surface area contributed by atoms with Crippen molar-refractivity contribution in [2.45, 2.75) is 70.6 Å². The number of rotatable bonds is 6. The van der Waals surface area contributed by atoms with E-state index in [0.29, 0.717) is 18.2 Å². The normalized spacial score (nSPS) is 31.0. The van der Waals surface area contributed by atoms with Gasteiger partial charge in [0, 0.05) is 25.2 Å². The zero-order chi connectivity index (χ0) is 12.8. The molecule has 2 aliphatic rings. The van der Waals surface area contributed by atoms with E-state index in [-0.39, 0.29) is 0 Å². The Hall–Kier alpha value is -0.120. The molecule has 2 rings (SSSR count). The third-order valence-electron chi connectivity index (χ3n) is 4.49. The van der Waals surface area contributed by atoms with Crippen molar-refractivity contribution in [1.82, 2.24) is 10.2 Å². The Morgan fingerprint density at radius 3 is 3.00 bits per heavy atom. The fourth-order valence-corrected chi connectivity index (χ4v) is 3.40. The Morgan fingerprint density at radius 1 is 1.33 bits per heavy atom. The summed E-state index contributed by atoms with van der Waals surface area (Å²) in [6.07, 6.45) is 8.45. The van der Waals surface area contributed by atoms with Crippen LogP contribution in [0.2, 0.25) is 0 Å². The van der Waals surface area contributed by atoms with Gasteiger partial charge in [-0.3, -0.25) is 4.90 Å².